The normalized spacial score (nSPS) is 16.4. The average molecular weight is 633 g/mol. The lowest BCUT2D eigenvalue weighted by atomic mass is 9.80. The molecule has 2 N–H and O–H groups in total. The summed E-state index contributed by atoms with van der Waals surface area (Å²) in [5, 5.41) is 19.4. The number of rotatable bonds is 7. The summed E-state index contributed by atoms with van der Waals surface area (Å²) in [4.78, 5) is 42.9. The van der Waals surface area contributed by atoms with Crippen molar-refractivity contribution in [1.29, 1.82) is 5.26 Å². The smallest absolute Gasteiger partial charge is 0.339 e. The molecule has 4 aromatic rings. The Morgan fingerprint density at radius 2 is 1.65 bits per heavy atom. The van der Waals surface area contributed by atoms with E-state index in [1.165, 1.54) is 41.6 Å². The van der Waals surface area contributed by atoms with E-state index >= 15 is 0 Å². The van der Waals surface area contributed by atoms with Crippen LogP contribution in [0.4, 0.5) is 23.4 Å². The first-order valence-electron chi connectivity index (χ1n) is 14.2. The Morgan fingerprint density at radius 1 is 0.978 bits per heavy atom. The first-order chi connectivity index (χ1) is 21.8. The maximum Gasteiger partial charge on any atom is 0.416 e. The highest BCUT2D eigenvalue weighted by atomic mass is 19.4. The molecule has 3 aromatic carbocycles. The summed E-state index contributed by atoms with van der Waals surface area (Å²) in [6.45, 7) is 4.71. The maximum absolute atomic E-state index is 14.3. The first kappa shape index (κ1) is 31.9. The fourth-order valence-corrected chi connectivity index (χ4v) is 5.38. The van der Waals surface area contributed by atoms with Crippen LogP contribution < -0.4 is 15.5 Å². The van der Waals surface area contributed by atoms with Crippen LogP contribution in [0.15, 0.2) is 78.9 Å². The van der Waals surface area contributed by atoms with Crippen LogP contribution in [0, 0.1) is 17.1 Å². The first-order valence-corrected chi connectivity index (χ1v) is 14.2. The number of carbonyl (C=O) groups is 3. The third kappa shape index (κ3) is 6.06. The van der Waals surface area contributed by atoms with Gasteiger partial charge in [0.15, 0.2) is 5.69 Å². The Morgan fingerprint density at radius 3 is 2.26 bits per heavy atom. The minimum absolute atomic E-state index is 0.0567. The van der Waals surface area contributed by atoms with Gasteiger partial charge in [-0.2, -0.15) is 23.5 Å². The molecule has 0 radical (unpaired) electrons. The van der Waals surface area contributed by atoms with Gasteiger partial charge in [-0.15, -0.1) is 0 Å². The molecule has 1 aliphatic heterocycles. The lowest BCUT2D eigenvalue weighted by molar-refractivity contribution is -0.137. The minimum atomic E-state index is -4.72. The van der Waals surface area contributed by atoms with Crippen LogP contribution in [0.25, 0.3) is 5.69 Å². The molecule has 0 spiro atoms. The molecule has 46 heavy (non-hydrogen) atoms. The summed E-state index contributed by atoms with van der Waals surface area (Å²) >= 11 is 0. The molecule has 0 fully saturated rings. The number of hydrogen-bond acceptors (Lipinski definition) is 5. The van der Waals surface area contributed by atoms with Gasteiger partial charge in [-0.1, -0.05) is 36.4 Å². The third-order valence-electron chi connectivity index (χ3n) is 7.53. The number of alkyl halides is 3. The van der Waals surface area contributed by atoms with E-state index in [1.54, 1.807) is 37.3 Å². The minimum Gasteiger partial charge on any atom is -0.339 e. The predicted molar refractivity (Wildman–Crippen MR) is 160 cm³/mol. The number of benzene rings is 3. The van der Waals surface area contributed by atoms with Crippen LogP contribution in [-0.4, -0.2) is 45.6 Å². The van der Waals surface area contributed by atoms with Gasteiger partial charge in [-0.25, -0.2) is 9.07 Å². The largest absolute Gasteiger partial charge is 0.416 e. The maximum atomic E-state index is 14.3. The van der Waals surface area contributed by atoms with E-state index in [4.69, 9.17) is 0 Å². The number of nitrogens with one attached hydrogen (secondary N) is 2. The van der Waals surface area contributed by atoms with Gasteiger partial charge < -0.3 is 10.6 Å². The van der Waals surface area contributed by atoms with Gasteiger partial charge in [0.05, 0.1) is 17.3 Å². The summed E-state index contributed by atoms with van der Waals surface area (Å²) in [6.07, 6.45) is -4.72. The zero-order chi connectivity index (χ0) is 33.4. The Labute approximate surface area is 261 Å². The van der Waals surface area contributed by atoms with Crippen molar-refractivity contribution in [3.63, 3.8) is 0 Å². The number of para-hydroxylation sites is 1. The standard InChI is InChI=1S/C33H28F4N6O3/c1-4-42-30-25(26(29(45)40-32(2,3)18-38)41-43(30)23-11-6-5-7-12-23)24(19-13-15-22(34)16-14-19)27(31(42)46)39-28(44)20-9-8-10-21(17-20)33(35,36)37/h5-17,24,27H,4H2,1-3H3,(H,39,44)(H,40,45)/t24-,27-/m0/s1. The molecule has 236 valence electrons. The number of halogens is 4. The van der Waals surface area contributed by atoms with E-state index in [9.17, 15) is 37.2 Å². The number of carbonyl (C=O) groups excluding carboxylic acids is 3. The molecular formula is C33H28F4N6O3. The van der Waals surface area contributed by atoms with Gasteiger partial charge in [0, 0.05) is 23.6 Å². The second-order valence-corrected chi connectivity index (χ2v) is 11.2. The average Bonchev–Trinajstić information content (AvgIpc) is 3.42. The molecule has 13 heteroatoms. The number of fused-ring (bicyclic) bond motifs is 1. The van der Waals surface area contributed by atoms with Crippen molar-refractivity contribution < 1.29 is 31.9 Å². The molecule has 2 heterocycles. The Balaban J connectivity index is 1.74. The van der Waals surface area contributed by atoms with Crippen molar-refractivity contribution >= 4 is 23.5 Å². The van der Waals surface area contributed by atoms with E-state index in [2.05, 4.69) is 15.7 Å². The van der Waals surface area contributed by atoms with Gasteiger partial charge in [0.2, 0.25) is 0 Å². The van der Waals surface area contributed by atoms with Crippen LogP contribution >= 0.6 is 0 Å². The molecule has 1 aromatic heterocycles. The van der Waals surface area contributed by atoms with Crippen LogP contribution in [0.1, 0.15) is 64.2 Å². The van der Waals surface area contributed by atoms with E-state index in [0.29, 0.717) is 17.3 Å². The molecule has 2 atom stereocenters. The van der Waals surface area contributed by atoms with Gasteiger partial charge in [0.25, 0.3) is 17.7 Å². The highest BCUT2D eigenvalue weighted by molar-refractivity contribution is 6.07. The quantitative estimate of drug-likeness (QED) is 0.266. The molecule has 0 aliphatic carbocycles. The molecule has 5 rings (SSSR count). The summed E-state index contributed by atoms with van der Waals surface area (Å²) in [5.41, 5.74) is -1.87. The van der Waals surface area contributed by atoms with Crippen LogP contribution in [0.2, 0.25) is 0 Å². The second kappa shape index (κ2) is 12.1. The molecule has 0 saturated carbocycles. The number of likely N-dealkylation sites (N-methyl/N-ethyl adjacent to an activating group) is 1. The molecule has 0 saturated heterocycles. The lowest BCUT2D eigenvalue weighted by Gasteiger charge is -2.38. The van der Waals surface area contributed by atoms with Crippen LogP contribution in [-0.2, 0) is 11.0 Å². The number of anilines is 1. The van der Waals surface area contributed by atoms with E-state index < -0.39 is 52.8 Å². The second-order valence-electron chi connectivity index (χ2n) is 11.2. The summed E-state index contributed by atoms with van der Waals surface area (Å²) in [5.74, 6) is -3.88. The summed E-state index contributed by atoms with van der Waals surface area (Å²) in [6, 6.07) is 18.0. The van der Waals surface area contributed by atoms with Crippen molar-refractivity contribution in [1.82, 2.24) is 20.4 Å². The van der Waals surface area contributed by atoms with E-state index in [0.717, 1.165) is 24.3 Å². The molecule has 0 bridgehead atoms. The number of hydrogen-bond donors (Lipinski definition) is 2. The molecule has 3 amide bonds. The van der Waals surface area contributed by atoms with Crippen LogP contribution in [0.5, 0.6) is 0 Å². The van der Waals surface area contributed by atoms with Crippen LogP contribution in [0.3, 0.4) is 0 Å². The summed E-state index contributed by atoms with van der Waals surface area (Å²) < 4.78 is 55.9. The zero-order valence-corrected chi connectivity index (χ0v) is 24.9. The fourth-order valence-electron chi connectivity index (χ4n) is 5.38. The Bertz CT molecular complexity index is 1850. The molecule has 1 aliphatic rings. The van der Waals surface area contributed by atoms with Crippen molar-refractivity contribution in [2.24, 2.45) is 0 Å². The summed E-state index contributed by atoms with van der Waals surface area (Å²) in [7, 11) is 0. The fraction of sp³-hybridized carbons (Fsp3) is 0.242. The Hall–Kier alpha value is -5.51. The highest BCUT2D eigenvalue weighted by Gasteiger charge is 2.47. The molecular weight excluding hydrogens is 604 g/mol. The van der Waals surface area contributed by atoms with Crippen molar-refractivity contribution in [2.45, 2.75) is 44.4 Å². The molecule has 0 unspecified atom stereocenters. The van der Waals surface area contributed by atoms with E-state index in [1.807, 2.05) is 6.07 Å². The van der Waals surface area contributed by atoms with Crippen molar-refractivity contribution in [3.05, 3.63) is 113 Å². The number of amides is 3. The predicted octanol–water partition coefficient (Wildman–Crippen LogP) is 5.36. The SMILES string of the molecule is CCN1C(=O)[C@@H](NC(=O)c2cccc(C(F)(F)F)c2)[C@@H](c2ccc(F)cc2)c2c(C(=O)NC(C)(C)C#N)nn(-c3ccccc3)c21. The van der Waals surface area contributed by atoms with Crippen molar-refractivity contribution in [3.8, 4) is 11.8 Å². The van der Waals surface area contributed by atoms with E-state index in [-0.39, 0.29) is 29.2 Å². The van der Waals surface area contributed by atoms with Gasteiger partial charge >= 0.3 is 6.18 Å². The van der Waals surface area contributed by atoms with Gasteiger partial charge in [-0.05, 0) is 68.8 Å². The van der Waals surface area contributed by atoms with Crippen molar-refractivity contribution in [2.75, 3.05) is 11.4 Å². The number of aromatic nitrogens is 2. The molecule has 9 nitrogen and oxygen atoms in total. The number of nitriles is 1. The highest BCUT2D eigenvalue weighted by Crippen LogP contribution is 2.44. The Kier molecular flexibility index (Phi) is 8.40. The monoisotopic (exact) mass is 632 g/mol. The number of nitrogens with zero attached hydrogens (tertiary/aromatic N) is 4. The van der Waals surface area contributed by atoms with Gasteiger partial charge in [0.1, 0.15) is 23.2 Å². The van der Waals surface area contributed by atoms with Gasteiger partial charge in [-0.3, -0.25) is 19.3 Å². The topological polar surface area (TPSA) is 120 Å². The zero-order valence-electron chi connectivity index (χ0n) is 24.9. The third-order valence-corrected chi connectivity index (χ3v) is 7.53. The lowest BCUT2D eigenvalue weighted by Crippen LogP contribution is -2.55.